The van der Waals surface area contributed by atoms with Crippen LogP contribution < -0.4 is 26.7 Å². The van der Waals surface area contributed by atoms with Gasteiger partial charge in [-0.15, -0.1) is 0 Å². The number of anilines is 1. The number of morpholine rings is 1. The molecule has 10 heteroatoms. The molecule has 2 aromatic carbocycles. The molecule has 0 saturated carbocycles. The quantitative estimate of drug-likeness (QED) is 0.210. The summed E-state index contributed by atoms with van der Waals surface area (Å²) in [5.41, 5.74) is 2.49. The predicted octanol–water partition coefficient (Wildman–Crippen LogP) is 0.809. The number of thiocarbonyl (C=S) groups is 1. The van der Waals surface area contributed by atoms with Gasteiger partial charge in [0.2, 0.25) is 0 Å². The average Bonchev–Trinajstić information content (AvgIpc) is 2.80. The third kappa shape index (κ3) is 6.72. The molecule has 0 unspecified atom stereocenters. The van der Waals surface area contributed by atoms with Gasteiger partial charge >= 0.3 is 0 Å². The molecule has 1 aliphatic heterocycles. The van der Waals surface area contributed by atoms with Crippen LogP contribution in [-0.2, 0) is 4.74 Å². The van der Waals surface area contributed by atoms with Crippen LogP contribution in [0.3, 0.4) is 0 Å². The number of rotatable bonds is 7. The first-order valence-corrected chi connectivity index (χ1v) is 10.6. The summed E-state index contributed by atoms with van der Waals surface area (Å²) in [4.78, 5) is 14.2. The van der Waals surface area contributed by atoms with Gasteiger partial charge in [0.1, 0.15) is 17.6 Å². The Hall–Kier alpha value is -3.05. The smallest absolute Gasteiger partial charge is 0.257 e. The molecule has 6 N–H and O–H groups in total. The lowest BCUT2D eigenvalue weighted by Gasteiger charge is -2.29. The van der Waals surface area contributed by atoms with Crippen molar-refractivity contribution < 1.29 is 19.2 Å². The lowest BCUT2D eigenvalue weighted by atomic mass is 10.2. The number of nitrogens with zero attached hydrogens (tertiary/aromatic N) is 2. The fourth-order valence-electron chi connectivity index (χ4n) is 3.16. The number of carbonyl (C=O) groups is 1. The number of likely N-dealkylation sites (N-methyl/N-ethyl adjacent to an activating group) is 1. The molecule has 2 aromatic rings. The second-order valence-corrected chi connectivity index (χ2v) is 7.66. The van der Waals surface area contributed by atoms with Gasteiger partial charge in [-0.3, -0.25) is 15.4 Å². The van der Waals surface area contributed by atoms with E-state index in [9.17, 15) is 9.18 Å². The number of amides is 1. The van der Waals surface area contributed by atoms with Crippen LogP contribution in [0.4, 0.5) is 15.8 Å². The lowest BCUT2D eigenvalue weighted by molar-refractivity contribution is -0.498. The zero-order valence-corrected chi connectivity index (χ0v) is 18.7. The highest BCUT2D eigenvalue weighted by molar-refractivity contribution is 7.80. The predicted molar refractivity (Wildman–Crippen MR) is 126 cm³/mol. The molecule has 0 radical (unpaired) electrons. The molecule has 0 bridgehead atoms. The van der Waals surface area contributed by atoms with Crippen molar-refractivity contribution in [1.29, 1.82) is 0 Å². The molecule has 1 heterocycles. The zero-order valence-electron chi connectivity index (χ0n) is 17.9. The fourth-order valence-corrected chi connectivity index (χ4v) is 3.33. The maximum atomic E-state index is 14.6. The molecule has 0 aliphatic carbocycles. The number of hydrogen-bond acceptors (Lipinski definition) is 6. The number of nitrogens with two attached hydrogens (primary N) is 2. The van der Waals surface area contributed by atoms with Crippen LogP contribution in [0.1, 0.15) is 10.4 Å². The van der Waals surface area contributed by atoms with Crippen molar-refractivity contribution in [3.8, 4) is 0 Å². The van der Waals surface area contributed by atoms with Gasteiger partial charge in [0.25, 0.3) is 5.91 Å². The number of halogens is 1. The molecule has 0 aromatic heterocycles. The van der Waals surface area contributed by atoms with Gasteiger partial charge in [0, 0.05) is 37.8 Å². The minimum absolute atomic E-state index is 0.188. The minimum atomic E-state index is -0.294. The summed E-state index contributed by atoms with van der Waals surface area (Å²) in [5.74, 6) is 5.34. The van der Waals surface area contributed by atoms with Crippen LogP contribution in [0.15, 0.2) is 60.4 Å². The Morgan fingerprint density at radius 3 is 2.66 bits per heavy atom. The fraction of sp³-hybridized carbons (Fsp3) is 0.273. The Balaban J connectivity index is 1.56. The zero-order chi connectivity index (χ0) is 22.9. The highest BCUT2D eigenvalue weighted by atomic mass is 32.1. The maximum absolute atomic E-state index is 14.6. The normalized spacial score (nSPS) is 14.1. The van der Waals surface area contributed by atoms with Crippen molar-refractivity contribution in [1.82, 2.24) is 15.6 Å². The van der Waals surface area contributed by atoms with Crippen LogP contribution in [0.5, 0.6) is 0 Å². The molecule has 32 heavy (non-hydrogen) atoms. The van der Waals surface area contributed by atoms with E-state index in [1.807, 2.05) is 17.0 Å². The average molecular weight is 460 g/mol. The molecule has 3 rings (SSSR count). The van der Waals surface area contributed by atoms with Crippen molar-refractivity contribution in [2.75, 3.05) is 44.8 Å². The van der Waals surface area contributed by atoms with Gasteiger partial charge in [0.15, 0.2) is 10.9 Å². The van der Waals surface area contributed by atoms with Crippen LogP contribution in [-0.4, -0.2) is 55.9 Å². The Bertz CT molecular complexity index is 964. The third-order valence-corrected chi connectivity index (χ3v) is 5.18. The highest BCUT2D eigenvalue weighted by Gasteiger charge is 2.16. The Labute approximate surface area is 192 Å². The van der Waals surface area contributed by atoms with E-state index in [1.165, 1.54) is 11.1 Å². The van der Waals surface area contributed by atoms with Crippen molar-refractivity contribution in [2.45, 2.75) is 0 Å². The van der Waals surface area contributed by atoms with E-state index in [1.54, 1.807) is 48.9 Å². The summed E-state index contributed by atoms with van der Waals surface area (Å²) in [6.45, 7) is 2.83. The SMILES string of the molecule is CN(N)/C(=C\[NH2+]c1ccc(N2CCOCC2)c(F)c1)CNC(=S)NC(=O)c1ccccc1. The Morgan fingerprint density at radius 1 is 1.28 bits per heavy atom. The molecule has 1 fully saturated rings. The topological polar surface area (TPSA) is 99.5 Å². The largest absolute Gasteiger partial charge is 0.378 e. The summed E-state index contributed by atoms with van der Waals surface area (Å²) >= 11 is 5.20. The van der Waals surface area contributed by atoms with Gasteiger partial charge in [-0.25, -0.2) is 10.2 Å². The number of ether oxygens (including phenoxy) is 1. The molecule has 1 saturated heterocycles. The Morgan fingerprint density at radius 2 is 2.00 bits per heavy atom. The first-order valence-electron chi connectivity index (χ1n) is 10.2. The van der Waals surface area contributed by atoms with Crippen LogP contribution >= 0.6 is 12.2 Å². The van der Waals surface area contributed by atoms with E-state index in [4.69, 9.17) is 22.8 Å². The molecule has 0 atom stereocenters. The van der Waals surface area contributed by atoms with Crippen molar-refractivity contribution in [3.63, 3.8) is 0 Å². The first kappa shape index (κ1) is 23.6. The van der Waals surface area contributed by atoms with E-state index in [0.717, 1.165) is 0 Å². The first-order chi connectivity index (χ1) is 15.4. The summed E-state index contributed by atoms with van der Waals surface area (Å²) in [6, 6.07) is 13.9. The molecule has 170 valence electrons. The number of hydrogen-bond donors (Lipinski definition) is 4. The molecular weight excluding hydrogens is 431 g/mol. The maximum Gasteiger partial charge on any atom is 0.257 e. The number of hydrazine groups is 1. The molecular formula is C22H28FN6O2S+. The van der Waals surface area contributed by atoms with E-state index < -0.39 is 0 Å². The van der Waals surface area contributed by atoms with E-state index in [0.29, 0.717) is 48.9 Å². The summed E-state index contributed by atoms with van der Waals surface area (Å²) in [7, 11) is 1.69. The van der Waals surface area contributed by atoms with Gasteiger partial charge in [-0.05, 0) is 30.4 Å². The standard InChI is InChI=1S/C22H27FN6O2S/c1-28(24)18(15-26-22(32)27-21(30)16-5-3-2-4-6-16)14-25-17-7-8-20(19(23)13-17)29-9-11-31-12-10-29/h2-8,13-14,25H,9-12,15,24H2,1H3,(H2,26,27,30,32)/p+1/b18-14-. The van der Waals surface area contributed by atoms with Gasteiger partial charge in [-0.1, -0.05) is 18.2 Å². The van der Waals surface area contributed by atoms with Crippen molar-refractivity contribution in [2.24, 2.45) is 5.84 Å². The molecule has 1 aliphatic rings. The van der Waals surface area contributed by atoms with Crippen LogP contribution in [0.2, 0.25) is 0 Å². The highest BCUT2D eigenvalue weighted by Crippen LogP contribution is 2.22. The van der Waals surface area contributed by atoms with Crippen molar-refractivity contribution in [3.05, 3.63) is 71.8 Å². The summed E-state index contributed by atoms with van der Waals surface area (Å²) in [5, 5.41) is 8.99. The number of quaternary nitrogens is 1. The molecule has 8 nitrogen and oxygen atoms in total. The lowest BCUT2D eigenvalue weighted by Crippen LogP contribution is -2.72. The van der Waals surface area contributed by atoms with Gasteiger partial charge in [0.05, 0.1) is 25.4 Å². The second-order valence-electron chi connectivity index (χ2n) is 7.25. The third-order valence-electron chi connectivity index (χ3n) is 4.94. The van der Waals surface area contributed by atoms with Crippen LogP contribution in [0, 0.1) is 5.82 Å². The van der Waals surface area contributed by atoms with Gasteiger partial charge in [-0.2, -0.15) is 0 Å². The monoisotopic (exact) mass is 459 g/mol. The second kappa shape index (κ2) is 11.5. The minimum Gasteiger partial charge on any atom is -0.378 e. The van der Waals surface area contributed by atoms with Crippen molar-refractivity contribution >= 4 is 34.6 Å². The summed E-state index contributed by atoms with van der Waals surface area (Å²) < 4.78 is 19.9. The number of carbonyl (C=O) groups excluding carboxylic acids is 1. The number of benzene rings is 2. The van der Waals surface area contributed by atoms with E-state index in [2.05, 4.69) is 10.6 Å². The van der Waals surface area contributed by atoms with Gasteiger partial charge < -0.3 is 20.0 Å². The molecule has 1 amide bonds. The van der Waals surface area contributed by atoms with E-state index >= 15 is 0 Å². The molecule has 0 spiro atoms. The summed E-state index contributed by atoms with van der Waals surface area (Å²) in [6.07, 6.45) is 1.78. The number of nitrogens with one attached hydrogen (secondary N) is 2. The Kier molecular flexibility index (Phi) is 8.51. The van der Waals surface area contributed by atoms with Crippen LogP contribution in [0.25, 0.3) is 0 Å². The van der Waals surface area contributed by atoms with E-state index in [-0.39, 0.29) is 23.4 Å².